The lowest BCUT2D eigenvalue weighted by Gasteiger charge is -2.21. The van der Waals surface area contributed by atoms with Crippen molar-refractivity contribution in [2.45, 2.75) is 51.6 Å². The van der Waals surface area contributed by atoms with Crippen LogP contribution in [0, 0.1) is 0 Å². The Morgan fingerprint density at radius 1 is 0.944 bits per heavy atom. The first-order valence-electron chi connectivity index (χ1n) is 12.5. The Balaban J connectivity index is 1.76. The summed E-state index contributed by atoms with van der Waals surface area (Å²) in [5.41, 5.74) is 3.02. The molecule has 6 heteroatoms. The molecule has 6 nitrogen and oxygen atoms in total. The van der Waals surface area contributed by atoms with Crippen molar-refractivity contribution in [3.8, 4) is 11.5 Å². The van der Waals surface area contributed by atoms with E-state index in [2.05, 4.69) is 17.6 Å². The van der Waals surface area contributed by atoms with Crippen LogP contribution in [0.1, 0.15) is 66.4 Å². The summed E-state index contributed by atoms with van der Waals surface area (Å²) < 4.78 is 11.7. The number of carbonyl (C=O) groups is 2. The zero-order valence-electron chi connectivity index (χ0n) is 21.4. The van der Waals surface area contributed by atoms with Crippen LogP contribution in [0.4, 0.5) is 5.69 Å². The normalized spacial score (nSPS) is 11.4. The number of hydrogen-bond donors (Lipinski definition) is 2. The fourth-order valence-corrected chi connectivity index (χ4v) is 4.22. The first-order chi connectivity index (χ1) is 17.5. The van der Waals surface area contributed by atoms with Crippen LogP contribution in [-0.2, 0) is 11.4 Å². The molecule has 0 aliphatic rings. The zero-order chi connectivity index (χ0) is 25.8. The summed E-state index contributed by atoms with van der Waals surface area (Å²) in [6, 6.07) is 22.9. The van der Waals surface area contributed by atoms with Gasteiger partial charge in [-0.05, 0) is 41.7 Å². The number of carbonyl (C=O) groups excluding carboxylic acids is 2. The van der Waals surface area contributed by atoms with Crippen LogP contribution in [0.25, 0.3) is 0 Å². The minimum Gasteiger partial charge on any atom is -0.496 e. The highest BCUT2D eigenvalue weighted by atomic mass is 16.5. The lowest BCUT2D eigenvalue weighted by atomic mass is 9.89. The largest absolute Gasteiger partial charge is 0.496 e. The third kappa shape index (κ3) is 7.60. The molecule has 0 spiro atoms. The summed E-state index contributed by atoms with van der Waals surface area (Å²) in [7, 11) is 3.22. The van der Waals surface area contributed by atoms with Gasteiger partial charge in [0, 0.05) is 19.5 Å². The van der Waals surface area contributed by atoms with E-state index in [1.807, 2.05) is 48.5 Å². The standard InChI is InChI=1S/C30H36N2O4/c1-4-5-7-14-23(19-29(33)32-27-16-11-10-15-26(27)30(34)31-2)25-18-17-24(20-28(25)35-3)36-21-22-12-8-6-9-13-22/h6,8-13,15-18,20,23H,4-5,7,14,19,21H2,1-3H3,(H,31,34)(H,32,33). The van der Waals surface area contributed by atoms with Crippen LogP contribution in [0.3, 0.4) is 0 Å². The Bertz CT molecular complexity index is 1130. The average molecular weight is 489 g/mol. The van der Waals surface area contributed by atoms with Gasteiger partial charge in [0.15, 0.2) is 0 Å². The molecule has 0 saturated heterocycles. The third-order valence-electron chi connectivity index (χ3n) is 6.15. The molecule has 36 heavy (non-hydrogen) atoms. The Labute approximate surface area is 214 Å². The first-order valence-corrected chi connectivity index (χ1v) is 12.5. The van der Waals surface area contributed by atoms with Crippen molar-refractivity contribution in [3.05, 3.63) is 89.5 Å². The van der Waals surface area contributed by atoms with Gasteiger partial charge in [0.05, 0.1) is 18.4 Å². The van der Waals surface area contributed by atoms with Crippen LogP contribution in [0.5, 0.6) is 11.5 Å². The van der Waals surface area contributed by atoms with E-state index in [1.54, 1.807) is 38.4 Å². The molecule has 3 aromatic carbocycles. The fourth-order valence-electron chi connectivity index (χ4n) is 4.22. The molecule has 0 bridgehead atoms. The molecule has 2 N–H and O–H groups in total. The number of rotatable bonds is 13. The minimum atomic E-state index is -0.238. The van der Waals surface area contributed by atoms with Gasteiger partial charge in [-0.15, -0.1) is 0 Å². The molecule has 0 saturated carbocycles. The number of benzene rings is 3. The summed E-state index contributed by atoms with van der Waals surface area (Å²) in [5.74, 6) is 1.02. The Morgan fingerprint density at radius 3 is 2.42 bits per heavy atom. The first kappa shape index (κ1) is 26.8. The number of hydrogen-bond acceptors (Lipinski definition) is 4. The molecule has 0 fully saturated rings. The van der Waals surface area contributed by atoms with E-state index in [0.29, 0.717) is 23.6 Å². The van der Waals surface area contributed by atoms with Crippen LogP contribution in [0.2, 0.25) is 0 Å². The quantitative estimate of drug-likeness (QED) is 0.276. The predicted molar refractivity (Wildman–Crippen MR) is 144 cm³/mol. The number of unbranched alkanes of at least 4 members (excludes halogenated alkanes) is 2. The monoisotopic (exact) mass is 488 g/mol. The number of ether oxygens (including phenoxy) is 2. The second-order valence-electron chi connectivity index (χ2n) is 8.75. The number of para-hydroxylation sites is 1. The molecule has 2 amide bonds. The van der Waals surface area contributed by atoms with Crippen molar-refractivity contribution >= 4 is 17.5 Å². The smallest absolute Gasteiger partial charge is 0.253 e. The topological polar surface area (TPSA) is 76.7 Å². The van der Waals surface area contributed by atoms with Crippen molar-refractivity contribution in [2.75, 3.05) is 19.5 Å². The highest BCUT2D eigenvalue weighted by Crippen LogP contribution is 2.36. The second-order valence-corrected chi connectivity index (χ2v) is 8.75. The maximum absolute atomic E-state index is 13.1. The van der Waals surface area contributed by atoms with Crippen LogP contribution >= 0.6 is 0 Å². The van der Waals surface area contributed by atoms with Crippen molar-refractivity contribution in [3.63, 3.8) is 0 Å². The average Bonchev–Trinajstić information content (AvgIpc) is 2.91. The van der Waals surface area contributed by atoms with Crippen molar-refractivity contribution in [2.24, 2.45) is 0 Å². The molecule has 3 rings (SSSR count). The molecule has 0 aliphatic carbocycles. The summed E-state index contributed by atoms with van der Waals surface area (Å²) in [4.78, 5) is 25.3. The van der Waals surface area contributed by atoms with Crippen LogP contribution in [-0.4, -0.2) is 26.0 Å². The number of amides is 2. The Morgan fingerprint density at radius 2 is 1.69 bits per heavy atom. The van der Waals surface area contributed by atoms with Crippen molar-refractivity contribution in [1.29, 1.82) is 0 Å². The summed E-state index contributed by atoms with van der Waals surface area (Å²) in [6.45, 7) is 2.63. The zero-order valence-corrected chi connectivity index (χ0v) is 21.4. The van der Waals surface area contributed by atoms with Gasteiger partial charge in [-0.2, -0.15) is 0 Å². The van der Waals surface area contributed by atoms with E-state index < -0.39 is 0 Å². The van der Waals surface area contributed by atoms with Crippen LogP contribution in [0.15, 0.2) is 72.8 Å². The molecule has 190 valence electrons. The minimum absolute atomic E-state index is 0.0261. The van der Waals surface area contributed by atoms with E-state index in [0.717, 1.165) is 42.6 Å². The van der Waals surface area contributed by atoms with E-state index in [-0.39, 0.29) is 24.2 Å². The number of methoxy groups -OCH3 is 1. The fraction of sp³-hybridized carbons (Fsp3) is 0.333. The lowest BCUT2D eigenvalue weighted by Crippen LogP contribution is -2.22. The molecule has 0 aromatic heterocycles. The molecule has 0 aliphatic heterocycles. The predicted octanol–water partition coefficient (Wildman–Crippen LogP) is 6.33. The van der Waals surface area contributed by atoms with Crippen LogP contribution < -0.4 is 20.1 Å². The van der Waals surface area contributed by atoms with Crippen molar-refractivity contribution < 1.29 is 19.1 Å². The maximum Gasteiger partial charge on any atom is 0.253 e. The van der Waals surface area contributed by atoms with Gasteiger partial charge in [-0.1, -0.05) is 74.7 Å². The van der Waals surface area contributed by atoms with Gasteiger partial charge in [0.1, 0.15) is 18.1 Å². The van der Waals surface area contributed by atoms with Gasteiger partial charge < -0.3 is 20.1 Å². The van der Waals surface area contributed by atoms with Crippen molar-refractivity contribution in [1.82, 2.24) is 5.32 Å². The summed E-state index contributed by atoms with van der Waals surface area (Å²) in [5, 5.41) is 5.56. The molecule has 3 aromatic rings. The molecule has 1 unspecified atom stereocenters. The van der Waals surface area contributed by atoms with Gasteiger partial charge in [0.25, 0.3) is 5.91 Å². The summed E-state index contributed by atoms with van der Waals surface area (Å²) >= 11 is 0. The van der Waals surface area contributed by atoms with Gasteiger partial charge >= 0.3 is 0 Å². The highest BCUT2D eigenvalue weighted by molar-refractivity contribution is 6.03. The van der Waals surface area contributed by atoms with E-state index in [9.17, 15) is 9.59 Å². The highest BCUT2D eigenvalue weighted by Gasteiger charge is 2.21. The summed E-state index contributed by atoms with van der Waals surface area (Å²) in [6.07, 6.45) is 4.35. The van der Waals surface area contributed by atoms with E-state index in [4.69, 9.17) is 9.47 Å². The number of nitrogens with one attached hydrogen (secondary N) is 2. The molecular weight excluding hydrogens is 452 g/mol. The van der Waals surface area contributed by atoms with E-state index >= 15 is 0 Å². The maximum atomic E-state index is 13.1. The molecule has 1 atom stereocenters. The molecule has 0 radical (unpaired) electrons. The lowest BCUT2D eigenvalue weighted by molar-refractivity contribution is -0.116. The molecule has 0 heterocycles. The molecular formula is C30H36N2O4. The van der Waals surface area contributed by atoms with E-state index in [1.165, 1.54) is 0 Å². The third-order valence-corrected chi connectivity index (χ3v) is 6.15. The van der Waals surface area contributed by atoms with Gasteiger partial charge in [-0.25, -0.2) is 0 Å². The Hall–Kier alpha value is -3.80. The second kappa shape index (κ2) is 13.9. The SMILES string of the molecule is CCCCCC(CC(=O)Nc1ccccc1C(=O)NC)c1ccc(OCc2ccccc2)cc1OC. The number of anilines is 1. The van der Waals surface area contributed by atoms with Gasteiger partial charge in [-0.3, -0.25) is 9.59 Å². The van der Waals surface area contributed by atoms with Gasteiger partial charge in [0.2, 0.25) is 5.91 Å². The Kier molecular flexibility index (Phi) is 10.4.